The van der Waals surface area contributed by atoms with E-state index >= 15 is 0 Å². The summed E-state index contributed by atoms with van der Waals surface area (Å²) in [5.41, 5.74) is 1.51. The largest absolute Gasteiger partial charge is 0.0613 e. The standard InChI is InChI=1S/C10H12Br/c1-10(2,3)8-6-4-5-7-9(8)11/h4-6H,1-3H3. The van der Waals surface area contributed by atoms with Gasteiger partial charge in [-0.3, -0.25) is 0 Å². The van der Waals surface area contributed by atoms with E-state index in [1.54, 1.807) is 0 Å². The van der Waals surface area contributed by atoms with Crippen LogP contribution in [0.1, 0.15) is 26.3 Å². The van der Waals surface area contributed by atoms with Gasteiger partial charge in [-0.2, -0.15) is 0 Å². The van der Waals surface area contributed by atoms with Gasteiger partial charge in [0, 0.05) is 4.47 Å². The SMILES string of the molecule is CC(C)(C)c1ccc[c]c1Br. The quantitative estimate of drug-likeness (QED) is 0.616. The average molecular weight is 212 g/mol. The molecule has 0 aliphatic heterocycles. The zero-order valence-corrected chi connectivity index (χ0v) is 8.70. The molecule has 0 nitrogen and oxygen atoms in total. The smallest absolute Gasteiger partial charge is 0.0291 e. The average Bonchev–Trinajstić information content (AvgIpc) is 1.86. The van der Waals surface area contributed by atoms with Crippen LogP contribution in [-0.2, 0) is 5.41 Å². The summed E-state index contributed by atoms with van der Waals surface area (Å²) in [6.07, 6.45) is 0. The summed E-state index contributed by atoms with van der Waals surface area (Å²) in [4.78, 5) is 0. The minimum absolute atomic E-state index is 0.205. The first-order chi connectivity index (χ1) is 5.02. The molecule has 0 aromatic heterocycles. The minimum Gasteiger partial charge on any atom is -0.0613 e. The molecule has 0 aliphatic carbocycles. The van der Waals surface area contributed by atoms with Crippen molar-refractivity contribution in [2.24, 2.45) is 0 Å². The Morgan fingerprint density at radius 3 is 2.36 bits per heavy atom. The Morgan fingerprint density at radius 1 is 1.36 bits per heavy atom. The second-order valence-corrected chi connectivity index (χ2v) is 4.44. The lowest BCUT2D eigenvalue weighted by molar-refractivity contribution is 0.587. The maximum atomic E-state index is 3.48. The topological polar surface area (TPSA) is 0 Å². The Hall–Kier alpha value is -0.300. The molecule has 0 amide bonds. The van der Waals surface area contributed by atoms with Gasteiger partial charge in [0.05, 0.1) is 0 Å². The van der Waals surface area contributed by atoms with E-state index in [1.165, 1.54) is 5.56 Å². The fourth-order valence-electron chi connectivity index (χ4n) is 0.996. The molecule has 1 aromatic carbocycles. The van der Waals surface area contributed by atoms with Crippen LogP contribution in [0.5, 0.6) is 0 Å². The summed E-state index contributed by atoms with van der Waals surface area (Å²) >= 11 is 3.48. The van der Waals surface area contributed by atoms with E-state index < -0.39 is 0 Å². The lowest BCUT2D eigenvalue weighted by Crippen LogP contribution is -2.11. The maximum Gasteiger partial charge on any atom is 0.0291 e. The fraction of sp³-hybridized carbons (Fsp3) is 0.400. The van der Waals surface area contributed by atoms with Gasteiger partial charge in [0.1, 0.15) is 0 Å². The first-order valence-electron chi connectivity index (χ1n) is 3.68. The zero-order chi connectivity index (χ0) is 8.48. The lowest BCUT2D eigenvalue weighted by atomic mass is 9.87. The third-order valence-corrected chi connectivity index (χ3v) is 2.27. The molecular formula is C10H12Br. The second kappa shape index (κ2) is 2.98. The predicted molar refractivity (Wildman–Crippen MR) is 51.7 cm³/mol. The van der Waals surface area contributed by atoms with Crippen molar-refractivity contribution in [3.63, 3.8) is 0 Å². The first-order valence-corrected chi connectivity index (χ1v) is 4.48. The molecule has 0 fully saturated rings. The highest BCUT2D eigenvalue weighted by atomic mass is 79.9. The van der Waals surface area contributed by atoms with Gasteiger partial charge in [-0.1, -0.05) is 39.0 Å². The van der Waals surface area contributed by atoms with Crippen molar-refractivity contribution in [1.82, 2.24) is 0 Å². The van der Waals surface area contributed by atoms with Gasteiger partial charge < -0.3 is 0 Å². The highest BCUT2D eigenvalue weighted by Gasteiger charge is 2.15. The van der Waals surface area contributed by atoms with E-state index in [0.717, 1.165) is 4.47 Å². The Balaban J connectivity index is 3.14. The summed E-state index contributed by atoms with van der Waals surface area (Å²) in [7, 11) is 0. The van der Waals surface area contributed by atoms with Crippen molar-refractivity contribution < 1.29 is 0 Å². The Bertz CT molecular complexity index is 245. The van der Waals surface area contributed by atoms with Crippen LogP contribution in [0.2, 0.25) is 0 Å². The maximum absolute atomic E-state index is 3.48. The summed E-state index contributed by atoms with van der Waals surface area (Å²) < 4.78 is 1.08. The van der Waals surface area contributed by atoms with E-state index in [-0.39, 0.29) is 5.41 Å². The van der Waals surface area contributed by atoms with Crippen LogP contribution in [0.25, 0.3) is 0 Å². The van der Waals surface area contributed by atoms with Crippen LogP contribution in [0.15, 0.2) is 22.7 Å². The Morgan fingerprint density at radius 2 is 2.00 bits per heavy atom. The molecule has 1 radical (unpaired) electrons. The van der Waals surface area contributed by atoms with E-state index in [2.05, 4.69) is 48.8 Å². The van der Waals surface area contributed by atoms with Gasteiger partial charge >= 0.3 is 0 Å². The summed E-state index contributed by atoms with van der Waals surface area (Å²) in [6.45, 7) is 6.59. The van der Waals surface area contributed by atoms with Crippen LogP contribution < -0.4 is 0 Å². The van der Waals surface area contributed by atoms with E-state index in [4.69, 9.17) is 0 Å². The number of halogens is 1. The van der Waals surface area contributed by atoms with E-state index in [9.17, 15) is 0 Å². The van der Waals surface area contributed by atoms with Crippen LogP contribution >= 0.6 is 15.9 Å². The summed E-state index contributed by atoms with van der Waals surface area (Å²) in [5.74, 6) is 0. The monoisotopic (exact) mass is 211 g/mol. The first kappa shape index (κ1) is 8.79. The Kier molecular flexibility index (Phi) is 2.38. The van der Waals surface area contributed by atoms with Crippen LogP contribution in [-0.4, -0.2) is 0 Å². The third kappa shape index (κ3) is 2.06. The molecule has 59 valence electrons. The highest BCUT2D eigenvalue weighted by molar-refractivity contribution is 9.10. The molecule has 0 bridgehead atoms. The van der Waals surface area contributed by atoms with Gasteiger partial charge in [-0.05, 0) is 33.0 Å². The fourth-order valence-corrected chi connectivity index (χ4v) is 1.85. The van der Waals surface area contributed by atoms with Crippen molar-refractivity contribution >= 4 is 15.9 Å². The number of rotatable bonds is 0. The molecule has 0 unspecified atom stereocenters. The molecule has 0 heterocycles. The Labute approximate surface area is 76.8 Å². The number of hydrogen-bond acceptors (Lipinski definition) is 0. The molecular weight excluding hydrogens is 200 g/mol. The van der Waals surface area contributed by atoms with Crippen molar-refractivity contribution in [3.8, 4) is 0 Å². The second-order valence-electron chi connectivity index (χ2n) is 3.65. The summed E-state index contributed by atoms with van der Waals surface area (Å²) in [6, 6.07) is 9.18. The molecule has 11 heavy (non-hydrogen) atoms. The predicted octanol–water partition coefficient (Wildman–Crippen LogP) is 3.55. The molecule has 1 rings (SSSR count). The molecule has 0 aliphatic rings. The molecule has 0 spiro atoms. The summed E-state index contributed by atoms with van der Waals surface area (Å²) in [5, 5.41) is 0. The molecule has 0 N–H and O–H groups in total. The molecule has 0 saturated heterocycles. The van der Waals surface area contributed by atoms with Crippen LogP contribution in [0.3, 0.4) is 0 Å². The zero-order valence-electron chi connectivity index (χ0n) is 7.11. The van der Waals surface area contributed by atoms with Gasteiger partial charge in [-0.25, -0.2) is 0 Å². The minimum atomic E-state index is 0.205. The molecule has 1 aromatic rings. The van der Waals surface area contributed by atoms with Gasteiger partial charge in [-0.15, -0.1) is 0 Å². The normalized spacial score (nSPS) is 11.6. The number of hydrogen-bond donors (Lipinski definition) is 0. The van der Waals surface area contributed by atoms with Crippen molar-refractivity contribution in [3.05, 3.63) is 34.3 Å². The van der Waals surface area contributed by atoms with Crippen LogP contribution in [0, 0.1) is 6.07 Å². The van der Waals surface area contributed by atoms with Gasteiger partial charge in [0.25, 0.3) is 0 Å². The third-order valence-electron chi connectivity index (χ3n) is 1.61. The van der Waals surface area contributed by atoms with Crippen molar-refractivity contribution in [1.29, 1.82) is 0 Å². The van der Waals surface area contributed by atoms with Crippen molar-refractivity contribution in [2.75, 3.05) is 0 Å². The van der Waals surface area contributed by atoms with Crippen LogP contribution in [0.4, 0.5) is 0 Å². The van der Waals surface area contributed by atoms with Crippen molar-refractivity contribution in [2.45, 2.75) is 26.2 Å². The van der Waals surface area contributed by atoms with Gasteiger partial charge in [0.2, 0.25) is 0 Å². The molecule has 0 atom stereocenters. The van der Waals surface area contributed by atoms with E-state index in [0.29, 0.717) is 0 Å². The molecule has 1 heteroatoms. The van der Waals surface area contributed by atoms with E-state index in [1.807, 2.05) is 12.1 Å². The molecule has 0 saturated carbocycles. The highest BCUT2D eigenvalue weighted by Crippen LogP contribution is 2.28. The lowest BCUT2D eigenvalue weighted by Gasteiger charge is -2.19. The number of benzene rings is 1. The van der Waals surface area contributed by atoms with Gasteiger partial charge in [0.15, 0.2) is 0 Å².